The van der Waals surface area contributed by atoms with E-state index in [0.717, 1.165) is 0 Å². The molecule has 1 aliphatic heterocycles. The maximum Gasteiger partial charge on any atom is 0.269 e. The third-order valence-electron chi connectivity index (χ3n) is 4.28. The number of hydrogen-bond acceptors (Lipinski definition) is 5. The number of benzene rings is 2. The van der Waals surface area contributed by atoms with Crippen LogP contribution in [0.4, 0.5) is 5.69 Å². The highest BCUT2D eigenvalue weighted by atomic mass is 79.9. The van der Waals surface area contributed by atoms with Crippen LogP contribution < -0.4 is 0 Å². The molecule has 0 unspecified atom stereocenters. The van der Waals surface area contributed by atoms with E-state index >= 15 is 0 Å². The second-order valence-electron chi connectivity index (χ2n) is 5.96. The van der Waals surface area contributed by atoms with Crippen molar-refractivity contribution in [1.29, 1.82) is 0 Å². The van der Waals surface area contributed by atoms with Gasteiger partial charge in [-0.25, -0.2) is 8.42 Å². The third-order valence-corrected chi connectivity index (χ3v) is 6.67. The van der Waals surface area contributed by atoms with Gasteiger partial charge in [0.15, 0.2) is 0 Å². The first-order chi connectivity index (χ1) is 12.8. The van der Waals surface area contributed by atoms with Crippen molar-refractivity contribution in [3.63, 3.8) is 0 Å². The van der Waals surface area contributed by atoms with E-state index in [1.165, 1.54) is 34.6 Å². The molecule has 0 saturated carbocycles. The molecule has 2 aromatic carbocycles. The summed E-state index contributed by atoms with van der Waals surface area (Å²) in [5.41, 5.74) is 0.250. The van der Waals surface area contributed by atoms with Gasteiger partial charge in [-0.05, 0) is 30.3 Å². The number of rotatable bonds is 4. The van der Waals surface area contributed by atoms with Crippen molar-refractivity contribution in [3.8, 4) is 0 Å². The van der Waals surface area contributed by atoms with Crippen LogP contribution in [0.3, 0.4) is 0 Å². The topological polar surface area (TPSA) is 101 Å². The first-order valence-corrected chi connectivity index (χ1v) is 10.3. The molecule has 2 aromatic rings. The number of carbonyl (C=O) groups excluding carboxylic acids is 1. The van der Waals surface area contributed by atoms with Gasteiger partial charge < -0.3 is 4.90 Å². The number of nitro benzene ring substituents is 1. The smallest absolute Gasteiger partial charge is 0.269 e. The van der Waals surface area contributed by atoms with Crippen LogP contribution in [0.2, 0.25) is 0 Å². The lowest BCUT2D eigenvalue weighted by Gasteiger charge is -2.34. The molecule has 1 aliphatic rings. The van der Waals surface area contributed by atoms with Crippen LogP contribution in [0, 0.1) is 10.1 Å². The van der Waals surface area contributed by atoms with E-state index in [0.29, 0.717) is 10.0 Å². The molecule has 0 N–H and O–H groups in total. The van der Waals surface area contributed by atoms with Gasteiger partial charge in [0.25, 0.3) is 11.6 Å². The van der Waals surface area contributed by atoms with Gasteiger partial charge in [0.1, 0.15) is 0 Å². The fraction of sp³-hybridized carbons (Fsp3) is 0.235. The first kappa shape index (κ1) is 19.5. The van der Waals surface area contributed by atoms with Crippen molar-refractivity contribution in [2.45, 2.75) is 4.90 Å². The summed E-state index contributed by atoms with van der Waals surface area (Å²) >= 11 is 3.27. The molecule has 10 heteroatoms. The monoisotopic (exact) mass is 453 g/mol. The fourth-order valence-electron chi connectivity index (χ4n) is 2.82. The molecule has 1 saturated heterocycles. The largest absolute Gasteiger partial charge is 0.336 e. The van der Waals surface area contributed by atoms with E-state index in [-0.39, 0.29) is 42.7 Å². The van der Waals surface area contributed by atoms with Crippen molar-refractivity contribution in [3.05, 3.63) is 68.7 Å². The highest BCUT2D eigenvalue weighted by molar-refractivity contribution is 9.10. The van der Waals surface area contributed by atoms with E-state index in [1.807, 2.05) is 0 Å². The number of sulfonamides is 1. The number of carbonyl (C=O) groups is 1. The van der Waals surface area contributed by atoms with E-state index in [1.54, 1.807) is 23.1 Å². The van der Waals surface area contributed by atoms with Gasteiger partial charge in [-0.3, -0.25) is 14.9 Å². The first-order valence-electron chi connectivity index (χ1n) is 8.08. The molecular formula is C17H16BrN3O5S. The average Bonchev–Trinajstić information content (AvgIpc) is 2.67. The Morgan fingerprint density at radius 3 is 2.22 bits per heavy atom. The van der Waals surface area contributed by atoms with Crippen LogP contribution >= 0.6 is 15.9 Å². The Labute approximate surface area is 164 Å². The van der Waals surface area contributed by atoms with Gasteiger partial charge >= 0.3 is 0 Å². The van der Waals surface area contributed by atoms with Crippen LogP contribution in [0.15, 0.2) is 57.9 Å². The van der Waals surface area contributed by atoms with Gasteiger partial charge in [0, 0.05) is 48.3 Å². The van der Waals surface area contributed by atoms with E-state index < -0.39 is 14.9 Å². The molecule has 0 aliphatic carbocycles. The average molecular weight is 454 g/mol. The molecular weight excluding hydrogens is 438 g/mol. The van der Waals surface area contributed by atoms with E-state index in [9.17, 15) is 23.3 Å². The Kier molecular flexibility index (Phi) is 5.59. The van der Waals surface area contributed by atoms with Crippen molar-refractivity contribution in [2.24, 2.45) is 0 Å². The highest BCUT2D eigenvalue weighted by Crippen LogP contribution is 2.22. The number of piperazine rings is 1. The van der Waals surface area contributed by atoms with Gasteiger partial charge in [-0.2, -0.15) is 4.31 Å². The predicted octanol–water partition coefficient (Wildman–Crippen LogP) is 2.50. The number of hydrogen-bond donors (Lipinski definition) is 0. The van der Waals surface area contributed by atoms with Crippen LogP contribution in [-0.4, -0.2) is 54.6 Å². The Bertz CT molecular complexity index is 970. The zero-order chi connectivity index (χ0) is 19.6. The van der Waals surface area contributed by atoms with Crippen molar-refractivity contribution < 1.29 is 18.1 Å². The summed E-state index contributed by atoms with van der Waals surface area (Å²) in [7, 11) is -3.62. The molecule has 1 heterocycles. The number of amides is 1. The van der Waals surface area contributed by atoms with E-state index in [2.05, 4.69) is 15.9 Å². The minimum absolute atomic E-state index is 0.0866. The molecule has 3 rings (SSSR count). The van der Waals surface area contributed by atoms with Crippen molar-refractivity contribution >= 4 is 37.5 Å². The molecule has 1 fully saturated rings. The van der Waals surface area contributed by atoms with Crippen LogP contribution in [0.1, 0.15) is 10.4 Å². The minimum Gasteiger partial charge on any atom is -0.336 e. The number of halogens is 1. The number of nitro groups is 1. The summed E-state index contributed by atoms with van der Waals surface area (Å²) in [5.74, 6) is -0.274. The summed E-state index contributed by atoms with van der Waals surface area (Å²) in [4.78, 5) is 24.5. The van der Waals surface area contributed by atoms with Crippen LogP contribution in [-0.2, 0) is 10.0 Å². The standard InChI is InChI=1S/C17H16BrN3O5S/c18-14-2-1-3-16(12-14)27(25,26)20-10-8-19(9-11-20)17(22)13-4-6-15(7-5-13)21(23)24/h1-7,12H,8-11H2. The molecule has 8 nitrogen and oxygen atoms in total. The van der Waals surface area contributed by atoms with Gasteiger partial charge in [-0.15, -0.1) is 0 Å². The van der Waals surface area contributed by atoms with Crippen molar-refractivity contribution in [1.82, 2.24) is 9.21 Å². The maximum absolute atomic E-state index is 12.7. The Hall–Kier alpha value is -2.30. The SMILES string of the molecule is O=C(c1ccc([N+](=O)[O-])cc1)N1CCN(S(=O)(=O)c2cccc(Br)c2)CC1. The third kappa shape index (κ3) is 4.18. The van der Waals surface area contributed by atoms with Gasteiger partial charge in [0.05, 0.1) is 9.82 Å². The molecule has 0 spiro atoms. The van der Waals surface area contributed by atoms with Gasteiger partial charge in [-0.1, -0.05) is 22.0 Å². The molecule has 0 radical (unpaired) electrons. The molecule has 0 atom stereocenters. The Morgan fingerprint density at radius 1 is 1.04 bits per heavy atom. The zero-order valence-electron chi connectivity index (χ0n) is 14.1. The number of non-ortho nitro benzene ring substituents is 1. The highest BCUT2D eigenvalue weighted by Gasteiger charge is 2.30. The maximum atomic E-state index is 12.7. The second-order valence-corrected chi connectivity index (χ2v) is 8.81. The Balaban J connectivity index is 1.67. The summed E-state index contributed by atoms with van der Waals surface area (Å²) in [6, 6.07) is 11.9. The fourth-order valence-corrected chi connectivity index (χ4v) is 4.84. The Morgan fingerprint density at radius 2 is 1.67 bits per heavy atom. The van der Waals surface area contributed by atoms with Crippen LogP contribution in [0.5, 0.6) is 0 Å². The predicted molar refractivity (Wildman–Crippen MR) is 102 cm³/mol. The second kappa shape index (κ2) is 7.75. The van der Waals surface area contributed by atoms with Crippen LogP contribution in [0.25, 0.3) is 0 Å². The van der Waals surface area contributed by atoms with E-state index in [4.69, 9.17) is 0 Å². The normalized spacial score (nSPS) is 15.5. The molecule has 27 heavy (non-hydrogen) atoms. The minimum atomic E-state index is -3.62. The lowest BCUT2D eigenvalue weighted by atomic mass is 10.1. The van der Waals surface area contributed by atoms with Crippen molar-refractivity contribution in [2.75, 3.05) is 26.2 Å². The summed E-state index contributed by atoms with van der Waals surface area (Å²) in [6.07, 6.45) is 0. The lowest BCUT2D eigenvalue weighted by Crippen LogP contribution is -2.50. The molecule has 0 aromatic heterocycles. The molecule has 0 bridgehead atoms. The van der Waals surface area contributed by atoms with Gasteiger partial charge in [0.2, 0.25) is 10.0 Å². The number of nitrogens with zero attached hydrogens (tertiary/aromatic N) is 3. The molecule has 142 valence electrons. The molecule has 1 amide bonds. The summed E-state index contributed by atoms with van der Waals surface area (Å²) in [5, 5.41) is 10.7. The zero-order valence-corrected chi connectivity index (χ0v) is 16.5. The lowest BCUT2D eigenvalue weighted by molar-refractivity contribution is -0.384. The summed E-state index contributed by atoms with van der Waals surface area (Å²) in [6.45, 7) is 0.882. The quantitative estimate of drug-likeness (QED) is 0.522. The summed E-state index contributed by atoms with van der Waals surface area (Å²) < 4.78 is 27.5.